The van der Waals surface area contributed by atoms with E-state index in [0.717, 1.165) is 11.3 Å². The molecule has 128 valence electrons. The van der Waals surface area contributed by atoms with E-state index in [1.807, 2.05) is 6.92 Å². The van der Waals surface area contributed by atoms with Crippen molar-refractivity contribution in [1.82, 2.24) is 0 Å². The van der Waals surface area contributed by atoms with Crippen LogP contribution in [0.2, 0.25) is 5.02 Å². The van der Waals surface area contributed by atoms with Crippen LogP contribution in [0.3, 0.4) is 0 Å². The molecular weight excluding hydrogens is 358 g/mol. The van der Waals surface area contributed by atoms with Crippen LogP contribution in [0.4, 0.5) is 10.7 Å². The monoisotopic (exact) mass is 373 g/mol. The minimum absolute atomic E-state index is 0.108. The van der Waals surface area contributed by atoms with Gasteiger partial charge in [0.25, 0.3) is 0 Å². The first-order chi connectivity index (χ1) is 12.0. The second-order valence-electron chi connectivity index (χ2n) is 5.80. The average molecular weight is 374 g/mol. The number of anilines is 2. The maximum atomic E-state index is 12.6. The molecule has 1 unspecified atom stereocenters. The Morgan fingerprint density at radius 2 is 2.28 bits per heavy atom. The molecule has 1 fully saturated rings. The van der Waals surface area contributed by atoms with Gasteiger partial charge in [0, 0.05) is 28.6 Å². The van der Waals surface area contributed by atoms with Crippen LogP contribution >= 0.6 is 22.9 Å². The van der Waals surface area contributed by atoms with Crippen LogP contribution in [0.5, 0.6) is 0 Å². The summed E-state index contributed by atoms with van der Waals surface area (Å²) in [6, 6.07) is 10.9. The zero-order valence-corrected chi connectivity index (χ0v) is 15.2. The summed E-state index contributed by atoms with van der Waals surface area (Å²) in [5.41, 5.74) is 1.15. The van der Waals surface area contributed by atoms with Gasteiger partial charge < -0.3 is 10.2 Å². The van der Waals surface area contributed by atoms with E-state index in [4.69, 9.17) is 11.6 Å². The molecule has 1 saturated heterocycles. The van der Waals surface area contributed by atoms with Gasteiger partial charge in [0.15, 0.2) is 0 Å². The third-order valence-electron chi connectivity index (χ3n) is 4.10. The molecule has 2 amide bonds. The van der Waals surface area contributed by atoms with Crippen molar-refractivity contribution in [3.63, 3.8) is 0 Å². The lowest BCUT2D eigenvalue weighted by Gasteiger charge is -2.16. The van der Waals surface area contributed by atoms with Gasteiger partial charge in [-0.05, 0) is 30.7 Å². The standard InChI is InChI=1S/C18H16ClN3O2S/c1-2-15-6-11(9-20)18(25-15)21-17(24)12-7-16(23)22(10-12)14-5-3-4-13(19)8-14/h3-6,8,12H,2,7,10H2,1H3,(H,21,24). The van der Waals surface area contributed by atoms with Gasteiger partial charge in [-0.3, -0.25) is 9.59 Å². The van der Waals surface area contributed by atoms with E-state index in [1.54, 1.807) is 35.2 Å². The number of aryl methyl sites for hydroxylation is 1. The number of carbonyl (C=O) groups excluding carboxylic acids is 2. The Morgan fingerprint density at radius 1 is 1.48 bits per heavy atom. The van der Waals surface area contributed by atoms with Crippen molar-refractivity contribution >= 4 is 45.4 Å². The number of nitriles is 1. The van der Waals surface area contributed by atoms with Crippen LogP contribution < -0.4 is 10.2 Å². The van der Waals surface area contributed by atoms with Gasteiger partial charge in [0.1, 0.15) is 11.1 Å². The molecule has 2 aromatic rings. The quantitative estimate of drug-likeness (QED) is 0.885. The van der Waals surface area contributed by atoms with Crippen LogP contribution in [-0.4, -0.2) is 18.4 Å². The first kappa shape index (κ1) is 17.5. The Bertz CT molecular complexity index is 871. The molecule has 5 nitrogen and oxygen atoms in total. The third kappa shape index (κ3) is 3.68. The molecule has 1 aliphatic rings. The Hall–Kier alpha value is -2.36. The molecule has 2 heterocycles. The van der Waals surface area contributed by atoms with Gasteiger partial charge in [-0.15, -0.1) is 11.3 Å². The van der Waals surface area contributed by atoms with E-state index < -0.39 is 5.92 Å². The zero-order chi connectivity index (χ0) is 18.0. The number of halogens is 1. The van der Waals surface area contributed by atoms with E-state index in [9.17, 15) is 14.9 Å². The number of hydrogen-bond donors (Lipinski definition) is 1. The van der Waals surface area contributed by atoms with Crippen molar-refractivity contribution in [2.45, 2.75) is 19.8 Å². The number of nitrogens with one attached hydrogen (secondary N) is 1. The molecule has 7 heteroatoms. The summed E-state index contributed by atoms with van der Waals surface area (Å²) in [4.78, 5) is 27.4. The van der Waals surface area contributed by atoms with Crippen molar-refractivity contribution in [2.24, 2.45) is 5.92 Å². The highest BCUT2D eigenvalue weighted by molar-refractivity contribution is 7.16. The van der Waals surface area contributed by atoms with Gasteiger partial charge in [0.2, 0.25) is 11.8 Å². The number of thiophene rings is 1. The Morgan fingerprint density at radius 3 is 2.96 bits per heavy atom. The second kappa shape index (κ2) is 7.26. The molecule has 0 bridgehead atoms. The Balaban J connectivity index is 1.73. The van der Waals surface area contributed by atoms with E-state index >= 15 is 0 Å². The molecule has 1 N–H and O–H groups in total. The first-order valence-electron chi connectivity index (χ1n) is 7.91. The van der Waals surface area contributed by atoms with Crippen molar-refractivity contribution in [3.05, 3.63) is 45.8 Å². The number of nitrogens with zero attached hydrogens (tertiary/aromatic N) is 2. The van der Waals surface area contributed by atoms with Crippen LogP contribution in [0, 0.1) is 17.2 Å². The van der Waals surface area contributed by atoms with Crippen LogP contribution in [-0.2, 0) is 16.0 Å². The lowest BCUT2D eigenvalue weighted by atomic mass is 10.1. The molecule has 1 aromatic carbocycles. The molecule has 0 spiro atoms. The smallest absolute Gasteiger partial charge is 0.230 e. The molecule has 1 aromatic heterocycles. The minimum Gasteiger partial charge on any atom is -0.316 e. The summed E-state index contributed by atoms with van der Waals surface area (Å²) in [5.74, 6) is -0.799. The molecule has 1 aliphatic heterocycles. The molecule has 0 aliphatic carbocycles. The van der Waals surface area contributed by atoms with Crippen LogP contribution in [0.15, 0.2) is 30.3 Å². The van der Waals surface area contributed by atoms with Gasteiger partial charge >= 0.3 is 0 Å². The van der Waals surface area contributed by atoms with Crippen molar-refractivity contribution < 1.29 is 9.59 Å². The summed E-state index contributed by atoms with van der Waals surface area (Å²) in [7, 11) is 0. The van der Waals surface area contributed by atoms with Gasteiger partial charge in [0.05, 0.1) is 11.5 Å². The largest absolute Gasteiger partial charge is 0.316 e. The van der Waals surface area contributed by atoms with E-state index in [-0.39, 0.29) is 18.2 Å². The highest BCUT2D eigenvalue weighted by Gasteiger charge is 2.35. The van der Waals surface area contributed by atoms with E-state index in [2.05, 4.69) is 11.4 Å². The molecule has 25 heavy (non-hydrogen) atoms. The summed E-state index contributed by atoms with van der Waals surface area (Å²) in [6.45, 7) is 2.30. The number of benzene rings is 1. The van der Waals surface area contributed by atoms with Crippen LogP contribution in [0.25, 0.3) is 0 Å². The molecular formula is C18H16ClN3O2S. The maximum Gasteiger partial charge on any atom is 0.230 e. The summed E-state index contributed by atoms with van der Waals surface area (Å²) in [5, 5.41) is 13.1. The summed E-state index contributed by atoms with van der Waals surface area (Å²) < 4.78 is 0. The SMILES string of the molecule is CCc1cc(C#N)c(NC(=O)C2CC(=O)N(c3cccc(Cl)c3)C2)s1. The fourth-order valence-electron chi connectivity index (χ4n) is 2.78. The molecule has 1 atom stereocenters. The fraction of sp³-hybridized carbons (Fsp3) is 0.278. The van der Waals surface area contributed by atoms with E-state index in [1.165, 1.54) is 11.3 Å². The highest BCUT2D eigenvalue weighted by Crippen LogP contribution is 2.31. The molecule has 0 radical (unpaired) electrons. The average Bonchev–Trinajstić information content (AvgIpc) is 3.18. The normalized spacial score (nSPS) is 16.8. The zero-order valence-electron chi connectivity index (χ0n) is 13.6. The minimum atomic E-state index is -0.454. The summed E-state index contributed by atoms with van der Waals surface area (Å²) in [6.07, 6.45) is 0.950. The van der Waals surface area contributed by atoms with E-state index in [0.29, 0.717) is 27.8 Å². The predicted octanol–water partition coefficient (Wildman–Crippen LogP) is 3.83. The molecule has 0 saturated carbocycles. The Kier molecular flexibility index (Phi) is 5.07. The topological polar surface area (TPSA) is 73.2 Å². The number of carbonyl (C=O) groups is 2. The second-order valence-corrected chi connectivity index (χ2v) is 7.37. The van der Waals surface area contributed by atoms with Crippen molar-refractivity contribution in [1.29, 1.82) is 5.26 Å². The first-order valence-corrected chi connectivity index (χ1v) is 9.11. The lowest BCUT2D eigenvalue weighted by Crippen LogP contribution is -2.28. The predicted molar refractivity (Wildman–Crippen MR) is 99.0 cm³/mol. The lowest BCUT2D eigenvalue weighted by molar-refractivity contribution is -0.122. The van der Waals surface area contributed by atoms with Gasteiger partial charge in [-0.1, -0.05) is 24.6 Å². The fourth-order valence-corrected chi connectivity index (χ4v) is 3.92. The van der Waals surface area contributed by atoms with Gasteiger partial charge in [-0.2, -0.15) is 5.26 Å². The highest BCUT2D eigenvalue weighted by atomic mass is 35.5. The number of hydrogen-bond acceptors (Lipinski definition) is 4. The van der Waals surface area contributed by atoms with Gasteiger partial charge in [-0.25, -0.2) is 0 Å². The van der Waals surface area contributed by atoms with Crippen LogP contribution in [0.1, 0.15) is 23.8 Å². The third-order valence-corrected chi connectivity index (χ3v) is 5.53. The van der Waals surface area contributed by atoms with Crippen molar-refractivity contribution in [3.8, 4) is 6.07 Å². The number of amides is 2. The maximum absolute atomic E-state index is 12.6. The van der Waals surface area contributed by atoms with Crippen molar-refractivity contribution in [2.75, 3.05) is 16.8 Å². The summed E-state index contributed by atoms with van der Waals surface area (Å²) >= 11 is 7.38. The Labute approximate surface area is 154 Å². The number of rotatable bonds is 4. The molecule has 3 rings (SSSR count).